The molecule has 0 atom stereocenters. The zero-order valence-corrected chi connectivity index (χ0v) is 7.36. The molecule has 0 unspecified atom stereocenters. The number of hydrogen-bond donors (Lipinski definition) is 1. The van der Waals surface area contributed by atoms with Crippen LogP contribution in [0, 0.1) is 0 Å². The van der Waals surface area contributed by atoms with E-state index in [2.05, 4.69) is 0 Å². The van der Waals surface area contributed by atoms with Crippen LogP contribution in [0.4, 0.5) is 13.2 Å². The summed E-state index contributed by atoms with van der Waals surface area (Å²) >= 11 is 0. The van der Waals surface area contributed by atoms with Gasteiger partial charge in [-0.15, -0.1) is 0 Å². The second-order valence-electron chi connectivity index (χ2n) is 3.50. The molecule has 1 aliphatic carbocycles. The van der Waals surface area contributed by atoms with E-state index in [0.29, 0.717) is 12.8 Å². The summed E-state index contributed by atoms with van der Waals surface area (Å²) in [6, 6.07) is 0. The number of hydrogen-bond acceptors (Lipinski definition) is 2. The van der Waals surface area contributed by atoms with Gasteiger partial charge in [0.2, 0.25) is 0 Å². The van der Waals surface area contributed by atoms with Crippen LogP contribution >= 0.6 is 0 Å². The Balaban J connectivity index is 2.40. The third kappa shape index (κ3) is 3.15. The van der Waals surface area contributed by atoms with Gasteiger partial charge in [-0.25, -0.2) is 0 Å². The summed E-state index contributed by atoms with van der Waals surface area (Å²) in [5.74, 6) is 0. The van der Waals surface area contributed by atoms with Crippen molar-refractivity contribution in [3.05, 3.63) is 0 Å². The Morgan fingerprint density at radius 2 is 1.77 bits per heavy atom. The van der Waals surface area contributed by atoms with Gasteiger partial charge in [0.05, 0.1) is 5.60 Å². The van der Waals surface area contributed by atoms with Crippen LogP contribution in [0.1, 0.15) is 25.7 Å². The largest absolute Gasteiger partial charge is 0.411 e. The van der Waals surface area contributed by atoms with E-state index in [1.54, 1.807) is 0 Å². The molecule has 0 heterocycles. The minimum atomic E-state index is -4.25. The molecule has 5 heteroatoms. The smallest absolute Gasteiger partial charge is 0.364 e. The maximum absolute atomic E-state index is 11.8. The molecule has 0 aromatic carbocycles. The Bertz CT molecular complexity index is 163. The molecule has 2 N–H and O–H groups in total. The van der Waals surface area contributed by atoms with Crippen LogP contribution in [0.5, 0.6) is 0 Å². The van der Waals surface area contributed by atoms with E-state index in [0.717, 1.165) is 12.8 Å². The van der Waals surface area contributed by atoms with Gasteiger partial charge in [0.1, 0.15) is 6.61 Å². The Morgan fingerprint density at radius 1 is 1.23 bits per heavy atom. The summed E-state index contributed by atoms with van der Waals surface area (Å²) in [7, 11) is 0. The number of nitrogens with two attached hydrogens (primary N) is 1. The summed E-state index contributed by atoms with van der Waals surface area (Å²) in [6.07, 6.45) is -1.12. The number of alkyl halides is 3. The van der Waals surface area contributed by atoms with Crippen molar-refractivity contribution in [3.8, 4) is 0 Å². The zero-order valence-electron chi connectivity index (χ0n) is 7.36. The Morgan fingerprint density at radius 3 is 2.15 bits per heavy atom. The Kier molecular flexibility index (Phi) is 3.18. The monoisotopic (exact) mass is 197 g/mol. The summed E-state index contributed by atoms with van der Waals surface area (Å²) < 4.78 is 40.4. The van der Waals surface area contributed by atoms with E-state index >= 15 is 0 Å². The average molecular weight is 197 g/mol. The lowest BCUT2D eigenvalue weighted by Gasteiger charge is -2.28. The number of halogens is 3. The van der Waals surface area contributed by atoms with E-state index in [1.807, 2.05) is 0 Å². The van der Waals surface area contributed by atoms with Crippen molar-refractivity contribution in [2.45, 2.75) is 37.5 Å². The van der Waals surface area contributed by atoms with Gasteiger partial charge >= 0.3 is 6.18 Å². The van der Waals surface area contributed by atoms with Crippen molar-refractivity contribution >= 4 is 0 Å². The average Bonchev–Trinajstić information content (AvgIpc) is 2.49. The van der Waals surface area contributed by atoms with Crippen molar-refractivity contribution in [1.29, 1.82) is 0 Å². The van der Waals surface area contributed by atoms with E-state index in [-0.39, 0.29) is 6.54 Å². The van der Waals surface area contributed by atoms with E-state index in [4.69, 9.17) is 10.5 Å². The number of ether oxygens (including phenoxy) is 1. The molecule has 2 nitrogen and oxygen atoms in total. The fourth-order valence-electron chi connectivity index (χ4n) is 1.66. The minimum absolute atomic E-state index is 0.184. The summed E-state index contributed by atoms with van der Waals surface area (Å²) in [6.45, 7) is -0.993. The third-order valence-electron chi connectivity index (χ3n) is 2.43. The topological polar surface area (TPSA) is 35.2 Å². The van der Waals surface area contributed by atoms with Crippen LogP contribution in [0.25, 0.3) is 0 Å². The zero-order chi connectivity index (χ0) is 9.95. The van der Waals surface area contributed by atoms with Crippen molar-refractivity contribution < 1.29 is 17.9 Å². The van der Waals surface area contributed by atoms with Gasteiger partial charge in [0.25, 0.3) is 0 Å². The lowest BCUT2D eigenvalue weighted by atomic mass is 10.0. The molecule has 0 aromatic rings. The van der Waals surface area contributed by atoms with Gasteiger partial charge < -0.3 is 10.5 Å². The molecule has 0 amide bonds. The Hall–Kier alpha value is -0.290. The summed E-state index contributed by atoms with van der Waals surface area (Å²) in [5.41, 5.74) is 4.71. The highest BCUT2D eigenvalue weighted by atomic mass is 19.4. The predicted molar refractivity (Wildman–Crippen MR) is 42.3 cm³/mol. The van der Waals surface area contributed by atoms with E-state index in [9.17, 15) is 13.2 Å². The minimum Gasteiger partial charge on any atom is -0.364 e. The molecule has 78 valence electrons. The van der Waals surface area contributed by atoms with Gasteiger partial charge in [-0.1, -0.05) is 12.8 Å². The highest BCUT2D eigenvalue weighted by Crippen LogP contribution is 2.33. The first-order chi connectivity index (χ1) is 5.97. The molecule has 0 saturated heterocycles. The lowest BCUT2D eigenvalue weighted by Crippen LogP contribution is -2.40. The van der Waals surface area contributed by atoms with Crippen molar-refractivity contribution in [2.75, 3.05) is 13.2 Å². The van der Waals surface area contributed by atoms with Crippen molar-refractivity contribution in [1.82, 2.24) is 0 Å². The second kappa shape index (κ2) is 3.84. The summed E-state index contributed by atoms with van der Waals surface area (Å²) in [5, 5.41) is 0. The van der Waals surface area contributed by atoms with Gasteiger partial charge in [-0.2, -0.15) is 13.2 Å². The van der Waals surface area contributed by atoms with Gasteiger partial charge in [-0.05, 0) is 12.8 Å². The van der Waals surface area contributed by atoms with Crippen LogP contribution in [-0.4, -0.2) is 24.9 Å². The van der Waals surface area contributed by atoms with Crippen molar-refractivity contribution in [2.24, 2.45) is 5.73 Å². The molecule has 1 fully saturated rings. The van der Waals surface area contributed by atoms with Crippen LogP contribution < -0.4 is 5.73 Å². The Labute approximate surface area is 75.2 Å². The highest BCUT2D eigenvalue weighted by Gasteiger charge is 2.38. The standard InChI is InChI=1S/C8H14F3NO/c9-8(10,11)6-13-7(5-12)3-1-2-4-7/h1-6,12H2. The number of rotatable bonds is 3. The third-order valence-corrected chi connectivity index (χ3v) is 2.43. The fraction of sp³-hybridized carbons (Fsp3) is 1.00. The molecule has 0 aliphatic heterocycles. The van der Waals surface area contributed by atoms with Gasteiger partial charge in [0, 0.05) is 6.54 Å². The molecule has 1 aliphatic rings. The first-order valence-electron chi connectivity index (χ1n) is 4.38. The lowest BCUT2D eigenvalue weighted by molar-refractivity contribution is -0.202. The first kappa shape index (κ1) is 10.8. The van der Waals surface area contributed by atoms with Crippen LogP contribution in [0.3, 0.4) is 0 Å². The van der Waals surface area contributed by atoms with Crippen LogP contribution in [0.2, 0.25) is 0 Å². The van der Waals surface area contributed by atoms with Gasteiger partial charge in [-0.3, -0.25) is 0 Å². The predicted octanol–water partition coefficient (Wildman–Crippen LogP) is 1.84. The molecule has 1 saturated carbocycles. The molecule has 0 aromatic heterocycles. The summed E-state index contributed by atoms with van der Waals surface area (Å²) in [4.78, 5) is 0. The van der Waals surface area contributed by atoms with E-state index in [1.165, 1.54) is 0 Å². The molecule has 0 bridgehead atoms. The SMILES string of the molecule is NCC1(OCC(F)(F)F)CCCC1. The van der Waals surface area contributed by atoms with Gasteiger partial charge in [0.15, 0.2) is 0 Å². The fourth-order valence-corrected chi connectivity index (χ4v) is 1.66. The highest BCUT2D eigenvalue weighted by molar-refractivity contribution is 4.87. The second-order valence-corrected chi connectivity index (χ2v) is 3.50. The maximum atomic E-state index is 11.8. The molecule has 0 spiro atoms. The maximum Gasteiger partial charge on any atom is 0.411 e. The van der Waals surface area contributed by atoms with E-state index < -0.39 is 18.4 Å². The normalized spacial score (nSPS) is 22.2. The van der Waals surface area contributed by atoms with Crippen LogP contribution in [0.15, 0.2) is 0 Å². The molecular weight excluding hydrogens is 183 g/mol. The van der Waals surface area contributed by atoms with Crippen LogP contribution in [-0.2, 0) is 4.74 Å². The molecular formula is C8H14F3NO. The van der Waals surface area contributed by atoms with Crippen molar-refractivity contribution in [3.63, 3.8) is 0 Å². The molecule has 13 heavy (non-hydrogen) atoms. The quantitative estimate of drug-likeness (QED) is 0.749. The molecule has 1 rings (SSSR count). The molecule has 0 radical (unpaired) electrons. The first-order valence-corrected chi connectivity index (χ1v) is 4.38.